The molecule has 4 rings (SSSR count). The van der Waals surface area contributed by atoms with Crippen LogP contribution in [0.2, 0.25) is 0 Å². The molecule has 2 aromatic carbocycles. The first-order valence-electron chi connectivity index (χ1n) is 8.94. The fourth-order valence-corrected chi connectivity index (χ4v) is 3.03. The van der Waals surface area contributed by atoms with Crippen molar-refractivity contribution >= 4 is 22.4 Å². The van der Waals surface area contributed by atoms with Gasteiger partial charge in [0.15, 0.2) is 0 Å². The lowest BCUT2D eigenvalue weighted by molar-refractivity contribution is -0.116. The monoisotopic (exact) mass is 391 g/mol. The maximum absolute atomic E-state index is 12.5. The number of carbonyl (C=O) groups is 1. The molecule has 0 aliphatic rings. The van der Waals surface area contributed by atoms with Crippen LogP contribution in [0.5, 0.6) is 0 Å². The van der Waals surface area contributed by atoms with Gasteiger partial charge in [0, 0.05) is 18.9 Å². The topological polar surface area (TPSA) is 123 Å². The highest BCUT2D eigenvalue weighted by molar-refractivity contribution is 5.94. The number of aromatic nitrogens is 4. The van der Waals surface area contributed by atoms with Gasteiger partial charge in [0.25, 0.3) is 11.1 Å². The quantitative estimate of drug-likeness (QED) is 0.537. The summed E-state index contributed by atoms with van der Waals surface area (Å²) in [5.41, 5.74) is 0.417. The van der Waals surface area contributed by atoms with Crippen LogP contribution >= 0.6 is 0 Å². The van der Waals surface area contributed by atoms with Crippen molar-refractivity contribution in [2.75, 3.05) is 5.32 Å². The van der Waals surface area contributed by atoms with Gasteiger partial charge in [-0.15, -0.1) is 0 Å². The van der Waals surface area contributed by atoms with Crippen LogP contribution in [0.4, 0.5) is 5.69 Å². The number of carbonyl (C=O) groups excluding carboxylic acids is 1. The maximum atomic E-state index is 12.5. The molecular formula is C20H17N5O4. The number of nitrogens with one attached hydrogen (secondary N) is 2. The summed E-state index contributed by atoms with van der Waals surface area (Å²) >= 11 is 0. The van der Waals surface area contributed by atoms with Crippen molar-refractivity contribution in [3.8, 4) is 11.4 Å². The normalized spacial score (nSPS) is 10.9. The number of para-hydroxylation sites is 1. The molecule has 9 nitrogen and oxygen atoms in total. The lowest BCUT2D eigenvalue weighted by Crippen LogP contribution is -2.31. The van der Waals surface area contributed by atoms with E-state index in [4.69, 9.17) is 4.52 Å². The van der Waals surface area contributed by atoms with Gasteiger partial charge < -0.3 is 9.84 Å². The number of hydrogen-bond acceptors (Lipinski definition) is 6. The average Bonchev–Trinajstić information content (AvgIpc) is 3.16. The Balaban J connectivity index is 1.52. The molecule has 9 heteroatoms. The molecule has 146 valence electrons. The molecular weight excluding hydrogens is 374 g/mol. The number of aryl methyl sites for hydroxylation is 2. The van der Waals surface area contributed by atoms with E-state index in [1.165, 1.54) is 0 Å². The number of nitrogens with zero attached hydrogens (tertiary/aromatic N) is 3. The van der Waals surface area contributed by atoms with Crippen LogP contribution in [-0.4, -0.2) is 25.8 Å². The molecule has 1 amide bonds. The number of aromatic amines is 1. The number of anilines is 1. The highest BCUT2D eigenvalue weighted by Gasteiger charge is 2.13. The van der Waals surface area contributed by atoms with E-state index in [0.29, 0.717) is 33.7 Å². The number of hydrogen-bond donors (Lipinski definition) is 2. The largest absolute Gasteiger partial charge is 0.339 e. The average molecular weight is 391 g/mol. The predicted molar refractivity (Wildman–Crippen MR) is 107 cm³/mol. The molecule has 0 radical (unpaired) electrons. The number of rotatable bonds is 5. The molecule has 0 fully saturated rings. The van der Waals surface area contributed by atoms with Crippen molar-refractivity contribution in [1.29, 1.82) is 0 Å². The molecule has 0 aliphatic heterocycles. The van der Waals surface area contributed by atoms with Crippen molar-refractivity contribution in [3.05, 3.63) is 75.1 Å². The number of amides is 1. The first kappa shape index (κ1) is 18.4. The molecule has 2 heterocycles. The number of benzene rings is 2. The fourth-order valence-electron chi connectivity index (χ4n) is 3.03. The van der Waals surface area contributed by atoms with E-state index in [-0.39, 0.29) is 30.0 Å². The summed E-state index contributed by atoms with van der Waals surface area (Å²) in [6, 6.07) is 13.6. The van der Waals surface area contributed by atoms with E-state index < -0.39 is 0 Å². The Hall–Kier alpha value is -4.01. The van der Waals surface area contributed by atoms with Gasteiger partial charge >= 0.3 is 0 Å². The summed E-state index contributed by atoms with van der Waals surface area (Å²) in [5, 5.41) is 9.82. The third kappa shape index (κ3) is 3.70. The smallest absolute Gasteiger partial charge is 0.273 e. The zero-order valence-corrected chi connectivity index (χ0v) is 15.5. The third-order valence-electron chi connectivity index (χ3n) is 4.42. The van der Waals surface area contributed by atoms with Crippen LogP contribution in [0, 0.1) is 6.92 Å². The third-order valence-corrected chi connectivity index (χ3v) is 4.42. The highest BCUT2D eigenvalue weighted by Crippen LogP contribution is 2.25. The molecule has 0 aliphatic carbocycles. The summed E-state index contributed by atoms with van der Waals surface area (Å²) in [6.07, 6.45) is -0.00616. The van der Waals surface area contributed by atoms with E-state index in [0.717, 1.165) is 4.68 Å². The van der Waals surface area contributed by atoms with Crippen LogP contribution in [-0.2, 0) is 11.3 Å². The molecule has 0 bridgehead atoms. The zero-order chi connectivity index (χ0) is 20.4. The van der Waals surface area contributed by atoms with Crippen LogP contribution in [0.1, 0.15) is 12.3 Å². The van der Waals surface area contributed by atoms with Crippen molar-refractivity contribution in [1.82, 2.24) is 19.9 Å². The van der Waals surface area contributed by atoms with Crippen molar-refractivity contribution in [2.45, 2.75) is 19.9 Å². The SMILES string of the molecule is Cc1nc(-c2ccccc2NC(=O)CCn2[nH]c(=O)c3ccccc3c2=O)no1. The van der Waals surface area contributed by atoms with E-state index in [1.54, 1.807) is 55.5 Å². The Labute approximate surface area is 164 Å². The molecule has 2 N–H and O–H groups in total. The van der Waals surface area contributed by atoms with Crippen LogP contribution in [0.3, 0.4) is 0 Å². The lowest BCUT2D eigenvalue weighted by Gasteiger charge is -2.10. The van der Waals surface area contributed by atoms with Gasteiger partial charge in [-0.25, -0.2) is 4.68 Å². The van der Waals surface area contributed by atoms with Gasteiger partial charge in [-0.2, -0.15) is 4.98 Å². The van der Waals surface area contributed by atoms with Gasteiger partial charge in [-0.05, 0) is 24.3 Å². The summed E-state index contributed by atoms with van der Waals surface area (Å²) in [7, 11) is 0. The Kier molecular flexibility index (Phi) is 4.78. The number of H-pyrrole nitrogens is 1. The standard InChI is InChI=1S/C20H17N5O4/c1-12-21-18(24-29-12)15-8-4-5-9-16(15)22-17(26)10-11-25-20(28)14-7-3-2-6-13(14)19(27)23-25/h2-9H,10-11H2,1H3,(H,22,26)(H,23,27). The Morgan fingerprint density at radius 3 is 2.59 bits per heavy atom. The van der Waals surface area contributed by atoms with E-state index in [2.05, 4.69) is 20.6 Å². The minimum absolute atomic E-state index is 0.00616. The molecule has 29 heavy (non-hydrogen) atoms. The van der Waals surface area contributed by atoms with Crippen LogP contribution in [0.25, 0.3) is 22.2 Å². The molecule has 2 aromatic heterocycles. The van der Waals surface area contributed by atoms with Gasteiger partial charge in [-0.1, -0.05) is 29.4 Å². The second kappa shape index (κ2) is 7.55. The van der Waals surface area contributed by atoms with Gasteiger partial charge in [0.1, 0.15) is 0 Å². The fraction of sp³-hybridized carbons (Fsp3) is 0.150. The molecule has 0 atom stereocenters. The zero-order valence-electron chi connectivity index (χ0n) is 15.5. The molecule has 0 saturated heterocycles. The Bertz CT molecular complexity index is 1320. The Morgan fingerprint density at radius 1 is 1.10 bits per heavy atom. The van der Waals surface area contributed by atoms with E-state index >= 15 is 0 Å². The minimum Gasteiger partial charge on any atom is -0.339 e. The summed E-state index contributed by atoms with van der Waals surface area (Å²) < 4.78 is 6.15. The number of fused-ring (bicyclic) bond motifs is 1. The van der Waals surface area contributed by atoms with Gasteiger partial charge in [-0.3, -0.25) is 19.5 Å². The first-order valence-corrected chi connectivity index (χ1v) is 8.94. The van der Waals surface area contributed by atoms with Crippen LogP contribution < -0.4 is 16.4 Å². The first-order chi connectivity index (χ1) is 14.0. The molecule has 4 aromatic rings. The Morgan fingerprint density at radius 2 is 1.83 bits per heavy atom. The summed E-state index contributed by atoms with van der Waals surface area (Å²) in [4.78, 5) is 41.3. The van der Waals surface area contributed by atoms with Crippen molar-refractivity contribution < 1.29 is 9.32 Å². The lowest BCUT2D eigenvalue weighted by atomic mass is 10.1. The van der Waals surface area contributed by atoms with Crippen LogP contribution in [0.15, 0.2) is 62.6 Å². The summed E-state index contributed by atoms with van der Waals surface area (Å²) in [6.45, 7) is 1.72. The summed E-state index contributed by atoms with van der Waals surface area (Å²) in [5.74, 6) is 0.466. The van der Waals surface area contributed by atoms with E-state index in [1.807, 2.05) is 0 Å². The van der Waals surface area contributed by atoms with E-state index in [9.17, 15) is 14.4 Å². The maximum Gasteiger partial charge on any atom is 0.273 e. The molecule has 0 unspecified atom stereocenters. The van der Waals surface area contributed by atoms with Crippen molar-refractivity contribution in [2.24, 2.45) is 0 Å². The van der Waals surface area contributed by atoms with Gasteiger partial charge in [0.05, 0.1) is 23.0 Å². The second-order valence-electron chi connectivity index (χ2n) is 6.42. The van der Waals surface area contributed by atoms with Crippen molar-refractivity contribution in [3.63, 3.8) is 0 Å². The van der Waals surface area contributed by atoms with Gasteiger partial charge in [0.2, 0.25) is 17.6 Å². The molecule has 0 spiro atoms. The molecule has 0 saturated carbocycles. The predicted octanol–water partition coefficient (Wildman–Crippen LogP) is 2.08. The second-order valence-corrected chi connectivity index (χ2v) is 6.42. The highest BCUT2D eigenvalue weighted by atomic mass is 16.5. The minimum atomic E-state index is -0.376.